The molecule has 1 heterocycles. The summed E-state index contributed by atoms with van der Waals surface area (Å²) in [5.41, 5.74) is 2.18. The minimum atomic E-state index is -3.15. The van der Waals surface area contributed by atoms with Crippen molar-refractivity contribution in [2.24, 2.45) is 12.0 Å². The second-order valence-electron chi connectivity index (χ2n) is 6.28. The normalized spacial score (nSPS) is 11.8. The van der Waals surface area contributed by atoms with Crippen molar-refractivity contribution in [3.05, 3.63) is 47.8 Å². The predicted molar refractivity (Wildman–Crippen MR) is 119 cm³/mol. The van der Waals surface area contributed by atoms with Gasteiger partial charge in [-0.3, -0.25) is 9.67 Å². The Morgan fingerprint density at radius 3 is 2.44 bits per heavy atom. The van der Waals surface area contributed by atoms with Crippen LogP contribution in [0, 0.1) is 0 Å². The van der Waals surface area contributed by atoms with Crippen molar-refractivity contribution in [3.63, 3.8) is 0 Å². The van der Waals surface area contributed by atoms with E-state index in [-0.39, 0.29) is 24.0 Å². The number of benzene rings is 1. The van der Waals surface area contributed by atoms with Gasteiger partial charge in [-0.2, -0.15) is 5.10 Å². The van der Waals surface area contributed by atoms with Gasteiger partial charge >= 0.3 is 0 Å². The molecule has 2 rings (SSSR count). The molecule has 1 aromatic carbocycles. The van der Waals surface area contributed by atoms with E-state index in [2.05, 4.69) is 20.3 Å². The summed E-state index contributed by atoms with van der Waals surface area (Å²) in [6.07, 6.45) is 5.81. The van der Waals surface area contributed by atoms with Gasteiger partial charge in [0.1, 0.15) is 0 Å². The smallest absolute Gasteiger partial charge is 0.193 e. The molecule has 0 fully saturated rings. The lowest BCUT2D eigenvalue weighted by Crippen LogP contribution is -2.38. The van der Waals surface area contributed by atoms with E-state index in [4.69, 9.17) is 0 Å². The van der Waals surface area contributed by atoms with Gasteiger partial charge in [-0.15, -0.1) is 24.0 Å². The summed E-state index contributed by atoms with van der Waals surface area (Å²) in [7, 11) is 0.745. The standard InChI is InChI=1S/C18H27N5O2S.HI/c1-5-19-18(22(2)13-16-12-21-23(3)14-16)20-11-10-15-6-8-17(9-7-15)26(4,24)25;/h6-9,12,14H,5,10-11,13H2,1-4H3,(H,19,20);1H. The molecule has 1 N–H and O–H groups in total. The van der Waals surface area contributed by atoms with Crippen molar-refractivity contribution < 1.29 is 8.42 Å². The maximum absolute atomic E-state index is 11.5. The first kappa shape index (κ1) is 23.4. The van der Waals surface area contributed by atoms with E-state index in [1.807, 2.05) is 45.5 Å². The number of hydrogen-bond donors (Lipinski definition) is 1. The number of rotatable bonds is 7. The number of aliphatic imine (C=N–C) groups is 1. The van der Waals surface area contributed by atoms with Crippen LogP contribution in [0.4, 0.5) is 0 Å². The number of aromatic nitrogens is 2. The molecule has 2 aromatic rings. The summed E-state index contributed by atoms with van der Waals surface area (Å²) in [4.78, 5) is 7.07. The largest absolute Gasteiger partial charge is 0.357 e. The molecule has 0 aliphatic carbocycles. The first-order valence-corrected chi connectivity index (χ1v) is 10.4. The zero-order valence-electron chi connectivity index (χ0n) is 16.2. The summed E-state index contributed by atoms with van der Waals surface area (Å²) < 4.78 is 24.8. The van der Waals surface area contributed by atoms with Crippen LogP contribution in [0.3, 0.4) is 0 Å². The van der Waals surface area contributed by atoms with E-state index < -0.39 is 9.84 Å². The molecular formula is C18H28IN5O2S. The number of nitrogens with zero attached hydrogens (tertiary/aromatic N) is 4. The maximum atomic E-state index is 11.5. The second-order valence-corrected chi connectivity index (χ2v) is 8.30. The van der Waals surface area contributed by atoms with Crippen LogP contribution in [0.1, 0.15) is 18.1 Å². The van der Waals surface area contributed by atoms with Crippen LogP contribution < -0.4 is 5.32 Å². The van der Waals surface area contributed by atoms with E-state index in [0.29, 0.717) is 11.4 Å². The van der Waals surface area contributed by atoms with Crippen molar-refractivity contribution in [2.45, 2.75) is 24.8 Å². The number of halogens is 1. The fourth-order valence-electron chi connectivity index (χ4n) is 2.57. The monoisotopic (exact) mass is 505 g/mol. The third kappa shape index (κ3) is 7.49. The molecule has 0 amide bonds. The molecular weight excluding hydrogens is 477 g/mol. The van der Waals surface area contributed by atoms with Crippen molar-refractivity contribution in [1.29, 1.82) is 0 Å². The first-order valence-electron chi connectivity index (χ1n) is 8.55. The zero-order valence-corrected chi connectivity index (χ0v) is 19.4. The van der Waals surface area contributed by atoms with Crippen LogP contribution in [0.25, 0.3) is 0 Å². The molecule has 0 saturated carbocycles. The predicted octanol–water partition coefficient (Wildman–Crippen LogP) is 2.08. The van der Waals surface area contributed by atoms with Gasteiger partial charge in [0.2, 0.25) is 0 Å². The number of aryl methyl sites for hydroxylation is 1. The van der Waals surface area contributed by atoms with Crippen molar-refractivity contribution >= 4 is 39.8 Å². The highest BCUT2D eigenvalue weighted by atomic mass is 127. The van der Waals surface area contributed by atoms with E-state index in [0.717, 1.165) is 36.6 Å². The lowest BCUT2D eigenvalue weighted by molar-refractivity contribution is 0.477. The molecule has 150 valence electrons. The highest BCUT2D eigenvalue weighted by Crippen LogP contribution is 2.11. The van der Waals surface area contributed by atoms with Crippen LogP contribution in [-0.2, 0) is 29.9 Å². The maximum Gasteiger partial charge on any atom is 0.193 e. The lowest BCUT2D eigenvalue weighted by Gasteiger charge is -2.21. The highest BCUT2D eigenvalue weighted by Gasteiger charge is 2.08. The van der Waals surface area contributed by atoms with E-state index in [9.17, 15) is 8.42 Å². The Labute approximate surface area is 178 Å². The quantitative estimate of drug-likeness (QED) is 0.354. The van der Waals surface area contributed by atoms with Crippen LogP contribution in [-0.4, -0.2) is 55.5 Å². The zero-order chi connectivity index (χ0) is 19.2. The Balaban J connectivity index is 0.00000364. The molecule has 0 unspecified atom stereocenters. The van der Waals surface area contributed by atoms with Crippen molar-refractivity contribution in [1.82, 2.24) is 20.0 Å². The molecule has 0 aliphatic heterocycles. The SMILES string of the molecule is CCNC(=NCCc1ccc(S(C)(=O)=O)cc1)N(C)Cc1cnn(C)c1.I. The van der Waals surface area contributed by atoms with Gasteiger partial charge in [0.05, 0.1) is 11.1 Å². The average Bonchev–Trinajstić information content (AvgIpc) is 2.98. The first-order chi connectivity index (χ1) is 12.3. The van der Waals surface area contributed by atoms with E-state index >= 15 is 0 Å². The molecule has 7 nitrogen and oxygen atoms in total. The molecule has 0 radical (unpaired) electrons. The van der Waals surface area contributed by atoms with E-state index in [1.54, 1.807) is 16.8 Å². The number of hydrogen-bond acceptors (Lipinski definition) is 4. The average molecular weight is 505 g/mol. The Morgan fingerprint density at radius 2 is 1.93 bits per heavy atom. The third-order valence-corrected chi connectivity index (χ3v) is 5.02. The number of nitrogens with one attached hydrogen (secondary N) is 1. The van der Waals surface area contributed by atoms with Gasteiger partial charge in [0, 0.05) is 51.7 Å². The van der Waals surface area contributed by atoms with Gasteiger partial charge in [-0.1, -0.05) is 12.1 Å². The number of guanidine groups is 1. The van der Waals surface area contributed by atoms with Gasteiger partial charge in [0.25, 0.3) is 0 Å². The van der Waals surface area contributed by atoms with Gasteiger partial charge in [-0.05, 0) is 31.0 Å². The summed E-state index contributed by atoms with van der Waals surface area (Å²) in [5, 5.41) is 7.48. The highest BCUT2D eigenvalue weighted by molar-refractivity contribution is 14.0. The molecule has 0 spiro atoms. The van der Waals surface area contributed by atoms with Crippen LogP contribution in [0.2, 0.25) is 0 Å². The molecule has 0 bridgehead atoms. The minimum absolute atomic E-state index is 0. The van der Waals surface area contributed by atoms with Gasteiger partial charge < -0.3 is 10.2 Å². The van der Waals surface area contributed by atoms with Gasteiger partial charge in [0.15, 0.2) is 15.8 Å². The third-order valence-electron chi connectivity index (χ3n) is 3.89. The Morgan fingerprint density at radius 1 is 1.26 bits per heavy atom. The fourth-order valence-corrected chi connectivity index (χ4v) is 3.20. The molecule has 1 aromatic heterocycles. The van der Waals surface area contributed by atoms with Gasteiger partial charge in [-0.25, -0.2) is 8.42 Å². The lowest BCUT2D eigenvalue weighted by atomic mass is 10.1. The summed E-state index contributed by atoms with van der Waals surface area (Å²) in [5.74, 6) is 0.837. The topological polar surface area (TPSA) is 79.6 Å². The molecule has 0 atom stereocenters. The Kier molecular flexibility index (Phi) is 9.23. The van der Waals surface area contributed by atoms with Crippen LogP contribution >= 0.6 is 24.0 Å². The fraction of sp³-hybridized carbons (Fsp3) is 0.444. The van der Waals surface area contributed by atoms with Crippen molar-refractivity contribution in [2.75, 3.05) is 26.4 Å². The van der Waals surface area contributed by atoms with E-state index in [1.165, 1.54) is 6.26 Å². The minimum Gasteiger partial charge on any atom is -0.357 e. The Bertz CT molecular complexity index is 847. The summed E-state index contributed by atoms with van der Waals surface area (Å²) in [6, 6.07) is 6.98. The summed E-state index contributed by atoms with van der Waals surface area (Å²) in [6.45, 7) is 4.18. The Hall–Kier alpha value is -1.62. The molecule has 9 heteroatoms. The second kappa shape index (κ2) is 10.6. The molecule has 0 aliphatic rings. The van der Waals surface area contributed by atoms with Crippen LogP contribution in [0.5, 0.6) is 0 Å². The van der Waals surface area contributed by atoms with Crippen molar-refractivity contribution in [3.8, 4) is 0 Å². The summed E-state index contributed by atoms with van der Waals surface area (Å²) >= 11 is 0. The van der Waals surface area contributed by atoms with Crippen LogP contribution in [0.15, 0.2) is 46.5 Å². The molecule has 27 heavy (non-hydrogen) atoms. The number of sulfone groups is 1. The molecule has 0 saturated heterocycles.